The monoisotopic (exact) mass is 373 g/mol. The molecule has 3 rings (SSSR count). The molecule has 0 bridgehead atoms. The first-order chi connectivity index (χ1) is 12.9. The van der Waals surface area contributed by atoms with Gasteiger partial charge in [-0.25, -0.2) is 0 Å². The first-order valence-electron chi connectivity index (χ1n) is 9.64. The molecular formula is C20H27N3O4. The molecule has 1 aromatic carbocycles. The maximum absolute atomic E-state index is 12.8. The summed E-state index contributed by atoms with van der Waals surface area (Å²) in [5, 5.41) is 2.77. The topological polar surface area (TPSA) is 79.0 Å². The SMILES string of the molecule is CCC(CC)C(=O)N1CCN(C(=O)c2ccc3c(c2)NC(=O)C(C)O3)CC1. The number of carbonyl (C=O) groups is 3. The maximum Gasteiger partial charge on any atom is 0.265 e. The van der Waals surface area contributed by atoms with E-state index in [0.29, 0.717) is 43.2 Å². The minimum Gasteiger partial charge on any atom is -0.479 e. The van der Waals surface area contributed by atoms with Crippen LogP contribution in [0, 0.1) is 5.92 Å². The number of nitrogens with zero attached hydrogens (tertiary/aromatic N) is 2. The van der Waals surface area contributed by atoms with E-state index in [1.807, 2.05) is 18.7 Å². The molecule has 0 radical (unpaired) electrons. The average molecular weight is 373 g/mol. The van der Waals surface area contributed by atoms with E-state index in [2.05, 4.69) is 5.32 Å². The third kappa shape index (κ3) is 3.91. The Bertz CT molecular complexity index is 737. The smallest absolute Gasteiger partial charge is 0.265 e. The zero-order valence-electron chi connectivity index (χ0n) is 16.2. The van der Waals surface area contributed by atoms with E-state index in [0.717, 1.165) is 12.8 Å². The molecule has 27 heavy (non-hydrogen) atoms. The largest absolute Gasteiger partial charge is 0.479 e. The van der Waals surface area contributed by atoms with Crippen LogP contribution in [0.3, 0.4) is 0 Å². The van der Waals surface area contributed by atoms with Gasteiger partial charge in [0, 0.05) is 37.7 Å². The van der Waals surface area contributed by atoms with Crippen molar-refractivity contribution in [1.82, 2.24) is 9.80 Å². The lowest BCUT2D eigenvalue weighted by Crippen LogP contribution is -2.51. The fraction of sp³-hybridized carbons (Fsp3) is 0.550. The molecule has 146 valence electrons. The lowest BCUT2D eigenvalue weighted by atomic mass is 10.0. The quantitative estimate of drug-likeness (QED) is 0.877. The van der Waals surface area contributed by atoms with Crippen LogP contribution in [0.25, 0.3) is 0 Å². The van der Waals surface area contributed by atoms with Crippen LogP contribution in [-0.2, 0) is 9.59 Å². The minimum atomic E-state index is -0.542. The summed E-state index contributed by atoms with van der Waals surface area (Å²) in [6.07, 6.45) is 1.14. The van der Waals surface area contributed by atoms with Crippen LogP contribution in [-0.4, -0.2) is 59.8 Å². The van der Waals surface area contributed by atoms with Crippen molar-refractivity contribution in [2.45, 2.75) is 39.7 Å². The molecule has 2 aliphatic heterocycles. The Hall–Kier alpha value is -2.57. The van der Waals surface area contributed by atoms with Gasteiger partial charge in [-0.2, -0.15) is 0 Å². The van der Waals surface area contributed by atoms with Gasteiger partial charge >= 0.3 is 0 Å². The van der Waals surface area contributed by atoms with Gasteiger partial charge in [-0.3, -0.25) is 14.4 Å². The van der Waals surface area contributed by atoms with Crippen LogP contribution >= 0.6 is 0 Å². The van der Waals surface area contributed by atoms with Crippen LogP contribution in [0.1, 0.15) is 44.0 Å². The number of fused-ring (bicyclic) bond motifs is 1. The number of nitrogens with one attached hydrogen (secondary N) is 1. The van der Waals surface area contributed by atoms with Gasteiger partial charge in [-0.1, -0.05) is 13.8 Å². The van der Waals surface area contributed by atoms with Crippen LogP contribution in [0.5, 0.6) is 5.75 Å². The zero-order valence-corrected chi connectivity index (χ0v) is 16.2. The molecule has 0 saturated carbocycles. The Morgan fingerprint density at radius 3 is 2.41 bits per heavy atom. The molecule has 0 aliphatic carbocycles. The second-order valence-corrected chi connectivity index (χ2v) is 7.09. The second-order valence-electron chi connectivity index (χ2n) is 7.09. The minimum absolute atomic E-state index is 0.0684. The van der Waals surface area contributed by atoms with Crippen molar-refractivity contribution in [2.24, 2.45) is 5.92 Å². The van der Waals surface area contributed by atoms with Gasteiger partial charge in [-0.15, -0.1) is 0 Å². The molecule has 1 atom stereocenters. The fourth-order valence-corrected chi connectivity index (χ4v) is 3.55. The number of rotatable bonds is 4. The van der Waals surface area contributed by atoms with Gasteiger partial charge in [0.1, 0.15) is 5.75 Å². The number of anilines is 1. The van der Waals surface area contributed by atoms with Gasteiger partial charge in [-0.05, 0) is 38.0 Å². The molecule has 2 aliphatic rings. The highest BCUT2D eigenvalue weighted by Crippen LogP contribution is 2.31. The molecule has 1 saturated heterocycles. The van der Waals surface area contributed by atoms with Crippen molar-refractivity contribution in [3.63, 3.8) is 0 Å². The average Bonchev–Trinajstić information content (AvgIpc) is 2.69. The van der Waals surface area contributed by atoms with E-state index >= 15 is 0 Å². The van der Waals surface area contributed by atoms with Gasteiger partial charge in [0.2, 0.25) is 5.91 Å². The standard InChI is InChI=1S/C20H27N3O4/c1-4-14(5-2)19(25)22-8-10-23(11-9-22)20(26)15-6-7-17-16(12-15)21-18(24)13(3)27-17/h6-7,12-14H,4-5,8-11H2,1-3H3,(H,21,24). The lowest BCUT2D eigenvalue weighted by Gasteiger charge is -2.36. The number of piperazine rings is 1. The summed E-state index contributed by atoms with van der Waals surface area (Å²) in [5.74, 6) is 0.508. The van der Waals surface area contributed by atoms with Crippen LogP contribution in [0.15, 0.2) is 18.2 Å². The predicted molar refractivity (Wildman–Crippen MR) is 102 cm³/mol. The fourth-order valence-electron chi connectivity index (χ4n) is 3.55. The van der Waals surface area contributed by atoms with Crippen molar-refractivity contribution in [2.75, 3.05) is 31.5 Å². The maximum atomic E-state index is 12.8. The molecule has 7 heteroatoms. The zero-order chi connectivity index (χ0) is 19.6. The van der Waals surface area contributed by atoms with E-state index in [1.54, 1.807) is 30.0 Å². The van der Waals surface area contributed by atoms with Crippen LogP contribution in [0.2, 0.25) is 0 Å². The van der Waals surface area contributed by atoms with E-state index < -0.39 is 6.10 Å². The third-order valence-electron chi connectivity index (χ3n) is 5.37. The molecule has 1 unspecified atom stereocenters. The number of amides is 3. The molecule has 1 aromatic rings. The van der Waals surface area contributed by atoms with E-state index in [1.165, 1.54) is 0 Å². The number of hydrogen-bond donors (Lipinski definition) is 1. The molecular weight excluding hydrogens is 346 g/mol. The summed E-state index contributed by atoms with van der Waals surface area (Å²) in [6, 6.07) is 5.08. The van der Waals surface area contributed by atoms with E-state index in [-0.39, 0.29) is 23.6 Å². The number of carbonyl (C=O) groups excluding carboxylic acids is 3. The summed E-state index contributed by atoms with van der Waals surface area (Å²) in [7, 11) is 0. The summed E-state index contributed by atoms with van der Waals surface area (Å²) < 4.78 is 5.53. The molecule has 3 amide bonds. The summed E-state index contributed by atoms with van der Waals surface area (Å²) in [6.45, 7) is 7.90. The van der Waals surface area contributed by atoms with Crippen LogP contribution < -0.4 is 10.1 Å². The Morgan fingerprint density at radius 2 is 1.78 bits per heavy atom. The third-order valence-corrected chi connectivity index (χ3v) is 5.37. The molecule has 1 fully saturated rings. The molecule has 2 heterocycles. The van der Waals surface area contributed by atoms with Crippen molar-refractivity contribution >= 4 is 23.4 Å². The van der Waals surface area contributed by atoms with Gasteiger partial charge in [0.15, 0.2) is 6.10 Å². The predicted octanol–water partition coefficient (Wildman–Crippen LogP) is 2.13. The number of ether oxygens (including phenoxy) is 1. The van der Waals surface area contributed by atoms with Gasteiger partial charge < -0.3 is 19.9 Å². The Kier molecular flexibility index (Phi) is 5.68. The highest BCUT2D eigenvalue weighted by molar-refractivity contribution is 6.01. The van der Waals surface area contributed by atoms with E-state index in [9.17, 15) is 14.4 Å². The number of hydrogen-bond acceptors (Lipinski definition) is 4. The Morgan fingerprint density at radius 1 is 1.15 bits per heavy atom. The van der Waals surface area contributed by atoms with Crippen molar-refractivity contribution in [3.8, 4) is 5.75 Å². The van der Waals surface area contributed by atoms with Crippen molar-refractivity contribution in [3.05, 3.63) is 23.8 Å². The molecule has 0 spiro atoms. The first kappa shape index (κ1) is 19.2. The van der Waals surface area contributed by atoms with Crippen molar-refractivity contribution in [1.29, 1.82) is 0 Å². The second kappa shape index (κ2) is 7.98. The Balaban J connectivity index is 1.64. The Labute approximate surface area is 159 Å². The van der Waals surface area contributed by atoms with Crippen LogP contribution in [0.4, 0.5) is 5.69 Å². The molecule has 1 N–H and O–H groups in total. The lowest BCUT2D eigenvalue weighted by molar-refractivity contribution is -0.137. The van der Waals surface area contributed by atoms with E-state index in [4.69, 9.17) is 4.74 Å². The normalized spacial score (nSPS) is 19.4. The summed E-state index contributed by atoms with van der Waals surface area (Å²) in [4.78, 5) is 40.7. The first-order valence-corrected chi connectivity index (χ1v) is 9.64. The van der Waals surface area contributed by atoms with Crippen molar-refractivity contribution < 1.29 is 19.1 Å². The van der Waals surface area contributed by atoms with Gasteiger partial charge in [0.25, 0.3) is 11.8 Å². The summed E-state index contributed by atoms with van der Waals surface area (Å²) >= 11 is 0. The summed E-state index contributed by atoms with van der Waals surface area (Å²) in [5.41, 5.74) is 1.03. The van der Waals surface area contributed by atoms with Gasteiger partial charge in [0.05, 0.1) is 5.69 Å². The highest BCUT2D eigenvalue weighted by Gasteiger charge is 2.29. The molecule has 0 aromatic heterocycles. The number of benzene rings is 1. The highest BCUT2D eigenvalue weighted by atomic mass is 16.5. The molecule has 7 nitrogen and oxygen atoms in total.